The van der Waals surface area contributed by atoms with E-state index in [2.05, 4.69) is 11.1 Å². The third-order valence-corrected chi connectivity index (χ3v) is 5.06. The van der Waals surface area contributed by atoms with E-state index < -0.39 is 0 Å². The van der Waals surface area contributed by atoms with Crippen molar-refractivity contribution in [3.8, 4) is 0 Å². The van der Waals surface area contributed by atoms with Gasteiger partial charge in [-0.05, 0) is 42.7 Å². The van der Waals surface area contributed by atoms with Crippen LogP contribution in [0.1, 0.15) is 40.5 Å². The topological polar surface area (TPSA) is 58.2 Å². The number of ether oxygens (including phenoxy) is 1. The van der Waals surface area contributed by atoms with Crippen LogP contribution in [0.15, 0.2) is 48.5 Å². The summed E-state index contributed by atoms with van der Waals surface area (Å²) in [6, 6.07) is 15.8. The molecule has 26 heavy (non-hydrogen) atoms. The van der Waals surface area contributed by atoms with Crippen molar-refractivity contribution in [1.82, 2.24) is 14.9 Å². The number of carbonyl (C=O) groups is 1. The summed E-state index contributed by atoms with van der Waals surface area (Å²) in [5.74, 6) is 1.53. The van der Waals surface area contributed by atoms with Gasteiger partial charge in [-0.15, -0.1) is 0 Å². The van der Waals surface area contributed by atoms with Crippen molar-refractivity contribution >= 4 is 16.9 Å². The van der Waals surface area contributed by atoms with E-state index >= 15 is 0 Å². The number of piperidine rings is 1. The minimum absolute atomic E-state index is 0.103. The van der Waals surface area contributed by atoms with Gasteiger partial charge in [0.25, 0.3) is 5.91 Å². The molecule has 0 saturated carbocycles. The quantitative estimate of drug-likeness (QED) is 0.781. The van der Waals surface area contributed by atoms with Crippen LogP contribution < -0.4 is 0 Å². The van der Waals surface area contributed by atoms with E-state index in [1.807, 2.05) is 47.4 Å². The molecule has 2 heterocycles. The highest BCUT2D eigenvalue weighted by Gasteiger charge is 2.26. The number of nitrogens with one attached hydrogen (secondary N) is 1. The Bertz CT molecular complexity index is 877. The van der Waals surface area contributed by atoms with Gasteiger partial charge in [0, 0.05) is 31.7 Å². The standard InChI is InChI=1S/C21H23N3O2/c1-26-14-15-5-4-6-17(13-15)21(25)24-11-9-16(10-12-24)20-22-18-7-2-3-8-19(18)23-20/h2-8,13,16H,9-12,14H2,1H3,(H,22,23). The second-order valence-corrected chi connectivity index (χ2v) is 6.84. The number of carbonyl (C=O) groups excluding carboxylic acids is 1. The predicted molar refractivity (Wildman–Crippen MR) is 101 cm³/mol. The lowest BCUT2D eigenvalue weighted by Gasteiger charge is -2.31. The molecule has 0 bridgehead atoms. The average Bonchev–Trinajstić information content (AvgIpc) is 3.12. The lowest BCUT2D eigenvalue weighted by Crippen LogP contribution is -2.38. The second-order valence-electron chi connectivity index (χ2n) is 6.84. The molecule has 1 aromatic heterocycles. The predicted octanol–water partition coefficient (Wildman–Crippen LogP) is 3.73. The van der Waals surface area contributed by atoms with Crippen molar-refractivity contribution < 1.29 is 9.53 Å². The molecule has 0 unspecified atom stereocenters. The molecule has 1 amide bonds. The van der Waals surface area contributed by atoms with Crippen LogP contribution in [0.25, 0.3) is 11.0 Å². The van der Waals surface area contributed by atoms with Gasteiger partial charge < -0.3 is 14.6 Å². The highest BCUT2D eigenvalue weighted by atomic mass is 16.5. The number of para-hydroxylation sites is 2. The first-order valence-corrected chi connectivity index (χ1v) is 9.06. The Morgan fingerprint density at radius 1 is 1.19 bits per heavy atom. The largest absolute Gasteiger partial charge is 0.380 e. The molecule has 0 atom stereocenters. The van der Waals surface area contributed by atoms with Gasteiger partial charge in [0.05, 0.1) is 17.6 Å². The van der Waals surface area contributed by atoms with Crippen molar-refractivity contribution in [3.63, 3.8) is 0 Å². The number of imidazole rings is 1. The van der Waals surface area contributed by atoms with E-state index in [0.29, 0.717) is 12.5 Å². The molecule has 5 nitrogen and oxygen atoms in total. The zero-order chi connectivity index (χ0) is 17.9. The summed E-state index contributed by atoms with van der Waals surface area (Å²) in [4.78, 5) is 22.9. The molecule has 1 saturated heterocycles. The third kappa shape index (κ3) is 3.35. The van der Waals surface area contributed by atoms with Gasteiger partial charge in [-0.2, -0.15) is 0 Å². The first kappa shape index (κ1) is 16.8. The molecular weight excluding hydrogens is 326 g/mol. The molecule has 1 aliphatic heterocycles. The molecule has 1 N–H and O–H groups in total. The van der Waals surface area contributed by atoms with Crippen LogP contribution in [-0.2, 0) is 11.3 Å². The fourth-order valence-corrected chi connectivity index (χ4v) is 3.67. The van der Waals surface area contributed by atoms with Crippen molar-refractivity contribution in [1.29, 1.82) is 0 Å². The van der Waals surface area contributed by atoms with Crippen LogP contribution in [0.4, 0.5) is 0 Å². The Balaban J connectivity index is 1.43. The molecule has 1 aliphatic rings. The number of benzene rings is 2. The minimum Gasteiger partial charge on any atom is -0.380 e. The second kappa shape index (κ2) is 7.30. The van der Waals surface area contributed by atoms with Gasteiger partial charge in [-0.1, -0.05) is 24.3 Å². The van der Waals surface area contributed by atoms with Crippen LogP contribution >= 0.6 is 0 Å². The summed E-state index contributed by atoms with van der Waals surface area (Å²) >= 11 is 0. The van der Waals surface area contributed by atoms with Crippen molar-refractivity contribution in [3.05, 3.63) is 65.5 Å². The first-order chi connectivity index (χ1) is 12.7. The molecule has 2 aromatic carbocycles. The van der Waals surface area contributed by atoms with Crippen molar-refractivity contribution in [2.24, 2.45) is 0 Å². The molecule has 0 spiro atoms. The molecule has 0 aliphatic carbocycles. The molecule has 4 rings (SSSR count). The SMILES string of the molecule is COCc1cccc(C(=O)N2CCC(c3nc4ccccc4[nH]3)CC2)c1. The molecule has 0 radical (unpaired) electrons. The van der Waals surface area contributed by atoms with Gasteiger partial charge >= 0.3 is 0 Å². The van der Waals surface area contributed by atoms with E-state index in [1.165, 1.54) is 0 Å². The summed E-state index contributed by atoms with van der Waals surface area (Å²) in [7, 11) is 1.66. The van der Waals surface area contributed by atoms with E-state index in [1.54, 1.807) is 7.11 Å². The number of aromatic nitrogens is 2. The number of hydrogen-bond acceptors (Lipinski definition) is 3. The van der Waals surface area contributed by atoms with Gasteiger partial charge in [0.2, 0.25) is 0 Å². The highest BCUT2D eigenvalue weighted by molar-refractivity contribution is 5.94. The van der Waals surface area contributed by atoms with E-state index in [0.717, 1.165) is 53.9 Å². The number of fused-ring (bicyclic) bond motifs is 1. The van der Waals surface area contributed by atoms with Gasteiger partial charge in [0.1, 0.15) is 5.82 Å². The Hall–Kier alpha value is -2.66. The fraction of sp³-hybridized carbons (Fsp3) is 0.333. The monoisotopic (exact) mass is 349 g/mol. The first-order valence-electron chi connectivity index (χ1n) is 9.06. The van der Waals surface area contributed by atoms with Crippen LogP contribution in [0.2, 0.25) is 0 Å². The lowest BCUT2D eigenvalue weighted by molar-refractivity contribution is 0.0711. The Labute approximate surface area is 153 Å². The average molecular weight is 349 g/mol. The van der Waals surface area contributed by atoms with Crippen LogP contribution in [0.5, 0.6) is 0 Å². The Morgan fingerprint density at radius 2 is 2.00 bits per heavy atom. The maximum Gasteiger partial charge on any atom is 0.253 e. The maximum atomic E-state index is 12.8. The molecule has 3 aromatic rings. The number of aromatic amines is 1. The number of likely N-dealkylation sites (tertiary alicyclic amines) is 1. The lowest BCUT2D eigenvalue weighted by atomic mass is 9.95. The maximum absolute atomic E-state index is 12.8. The number of nitrogens with zero attached hydrogens (tertiary/aromatic N) is 2. The number of rotatable bonds is 4. The fourth-order valence-electron chi connectivity index (χ4n) is 3.67. The minimum atomic E-state index is 0.103. The van der Waals surface area contributed by atoms with E-state index in [-0.39, 0.29) is 5.91 Å². The molecule has 134 valence electrons. The smallest absolute Gasteiger partial charge is 0.253 e. The summed E-state index contributed by atoms with van der Waals surface area (Å²) in [5, 5.41) is 0. The molecular formula is C21H23N3O2. The van der Waals surface area contributed by atoms with Crippen molar-refractivity contribution in [2.45, 2.75) is 25.4 Å². The Kier molecular flexibility index (Phi) is 4.71. The summed E-state index contributed by atoms with van der Waals surface area (Å²) in [6.07, 6.45) is 1.87. The van der Waals surface area contributed by atoms with E-state index in [4.69, 9.17) is 9.72 Å². The van der Waals surface area contributed by atoms with E-state index in [9.17, 15) is 4.79 Å². The zero-order valence-corrected chi connectivity index (χ0v) is 14.9. The number of methoxy groups -OCH3 is 1. The van der Waals surface area contributed by atoms with Crippen molar-refractivity contribution in [2.75, 3.05) is 20.2 Å². The zero-order valence-electron chi connectivity index (χ0n) is 14.9. The molecule has 5 heteroatoms. The van der Waals surface area contributed by atoms with Crippen LogP contribution in [-0.4, -0.2) is 41.0 Å². The van der Waals surface area contributed by atoms with Gasteiger partial charge in [0.15, 0.2) is 0 Å². The highest BCUT2D eigenvalue weighted by Crippen LogP contribution is 2.28. The summed E-state index contributed by atoms with van der Waals surface area (Å²) in [6.45, 7) is 2.04. The van der Waals surface area contributed by atoms with Gasteiger partial charge in [-0.25, -0.2) is 4.98 Å². The molecule has 1 fully saturated rings. The normalized spacial score (nSPS) is 15.5. The third-order valence-electron chi connectivity index (χ3n) is 5.06. The number of H-pyrrole nitrogens is 1. The van der Waals surface area contributed by atoms with Gasteiger partial charge in [-0.3, -0.25) is 4.79 Å². The number of hydrogen-bond donors (Lipinski definition) is 1. The Morgan fingerprint density at radius 3 is 2.77 bits per heavy atom. The summed E-state index contributed by atoms with van der Waals surface area (Å²) < 4.78 is 5.16. The summed E-state index contributed by atoms with van der Waals surface area (Å²) in [5.41, 5.74) is 3.85. The van der Waals surface area contributed by atoms with Crippen LogP contribution in [0, 0.1) is 0 Å². The number of amides is 1. The van der Waals surface area contributed by atoms with Crippen LogP contribution in [0.3, 0.4) is 0 Å².